The molecule has 0 aliphatic rings. The summed E-state index contributed by atoms with van der Waals surface area (Å²) in [7, 11) is 1.43. The number of rotatable bonds is 6. The summed E-state index contributed by atoms with van der Waals surface area (Å²) >= 11 is 0. The average Bonchev–Trinajstić information content (AvgIpc) is 3.11. The van der Waals surface area contributed by atoms with Crippen LogP contribution < -0.4 is 14.8 Å². The third kappa shape index (κ3) is 4.97. The molecule has 128 valence electrons. The van der Waals surface area contributed by atoms with Crippen molar-refractivity contribution in [2.24, 2.45) is 0 Å². The van der Waals surface area contributed by atoms with Gasteiger partial charge in [-0.05, 0) is 35.9 Å². The third-order valence-electron chi connectivity index (χ3n) is 3.12. The van der Waals surface area contributed by atoms with Gasteiger partial charge in [-0.25, -0.2) is 0 Å². The molecule has 0 bridgehead atoms. The van der Waals surface area contributed by atoms with Gasteiger partial charge in [0, 0.05) is 6.92 Å². The molecule has 0 aliphatic carbocycles. The lowest BCUT2D eigenvalue weighted by Gasteiger charge is -2.08. The first-order chi connectivity index (χ1) is 12.0. The van der Waals surface area contributed by atoms with Crippen LogP contribution >= 0.6 is 0 Å². The summed E-state index contributed by atoms with van der Waals surface area (Å²) in [5.41, 5.74) is 0.478. The van der Waals surface area contributed by atoms with Gasteiger partial charge in [-0.15, -0.1) is 0 Å². The number of nitrogens with one attached hydrogen (secondary N) is 1. The Bertz CT molecular complexity index is 832. The van der Waals surface area contributed by atoms with Crippen LogP contribution in [0.3, 0.4) is 0 Å². The minimum atomic E-state index is -0.526. The van der Waals surface area contributed by atoms with Gasteiger partial charge in [0.25, 0.3) is 5.91 Å². The van der Waals surface area contributed by atoms with E-state index in [1.807, 2.05) is 6.07 Å². The summed E-state index contributed by atoms with van der Waals surface area (Å²) in [5, 5.41) is 11.8. The first-order valence-corrected chi connectivity index (χ1v) is 7.32. The molecule has 0 radical (unpaired) electrons. The summed E-state index contributed by atoms with van der Waals surface area (Å²) in [4.78, 5) is 23.2. The van der Waals surface area contributed by atoms with Crippen LogP contribution in [0.5, 0.6) is 11.5 Å². The number of furan rings is 1. The van der Waals surface area contributed by atoms with E-state index in [2.05, 4.69) is 5.32 Å². The van der Waals surface area contributed by atoms with Gasteiger partial charge in [0.2, 0.25) is 0 Å². The van der Waals surface area contributed by atoms with E-state index in [1.54, 1.807) is 24.3 Å². The molecule has 0 unspecified atom stereocenters. The minimum Gasteiger partial charge on any atom is -0.493 e. The van der Waals surface area contributed by atoms with Crippen molar-refractivity contribution < 1.29 is 23.5 Å². The Balaban J connectivity index is 2.16. The Kier molecular flexibility index (Phi) is 5.96. The molecule has 0 fully saturated rings. The second kappa shape index (κ2) is 8.36. The second-order valence-electron chi connectivity index (χ2n) is 4.94. The number of methoxy groups -OCH3 is 1. The minimum absolute atomic E-state index is 0.0751. The quantitative estimate of drug-likeness (QED) is 0.375. The SMILES string of the molecule is COc1cc(/C=C(\C#N)C(=O)NCc2ccco2)ccc1OC(C)=O. The number of nitrogens with zero attached hydrogens (tertiary/aromatic N) is 1. The Morgan fingerprint density at radius 1 is 1.32 bits per heavy atom. The Labute approximate surface area is 144 Å². The molecular weight excluding hydrogens is 324 g/mol. The van der Waals surface area contributed by atoms with Crippen LogP contribution in [0.25, 0.3) is 6.08 Å². The summed E-state index contributed by atoms with van der Waals surface area (Å²) in [6.45, 7) is 1.46. The van der Waals surface area contributed by atoms with Gasteiger partial charge in [0.05, 0.1) is 19.9 Å². The standard InChI is InChI=1S/C18H16N2O5/c1-12(21)25-16-6-5-13(9-17(16)23-2)8-14(10-19)18(22)20-11-15-4-3-7-24-15/h3-9H,11H2,1-2H3,(H,20,22)/b14-8+. The topological polar surface area (TPSA) is 102 Å². The lowest BCUT2D eigenvalue weighted by Crippen LogP contribution is -2.23. The van der Waals surface area contributed by atoms with E-state index in [0.717, 1.165) is 0 Å². The predicted octanol–water partition coefficient (Wildman–Crippen LogP) is 2.44. The van der Waals surface area contributed by atoms with Gasteiger partial charge >= 0.3 is 5.97 Å². The highest BCUT2D eigenvalue weighted by atomic mass is 16.6. The van der Waals surface area contributed by atoms with Crippen molar-refractivity contribution in [3.63, 3.8) is 0 Å². The maximum atomic E-state index is 12.1. The van der Waals surface area contributed by atoms with E-state index >= 15 is 0 Å². The largest absolute Gasteiger partial charge is 0.493 e. The zero-order valence-electron chi connectivity index (χ0n) is 13.7. The molecule has 1 N–H and O–H groups in total. The van der Waals surface area contributed by atoms with Crippen molar-refractivity contribution in [1.29, 1.82) is 5.26 Å². The van der Waals surface area contributed by atoms with Crippen molar-refractivity contribution >= 4 is 18.0 Å². The molecule has 0 spiro atoms. The number of carbonyl (C=O) groups excluding carboxylic acids is 2. The fourth-order valence-corrected chi connectivity index (χ4v) is 2.00. The number of amides is 1. The van der Waals surface area contributed by atoms with Crippen LogP contribution in [-0.2, 0) is 16.1 Å². The summed E-state index contributed by atoms with van der Waals surface area (Å²) in [6, 6.07) is 9.99. The van der Waals surface area contributed by atoms with Crippen LogP contribution in [0.4, 0.5) is 0 Å². The number of hydrogen-bond donors (Lipinski definition) is 1. The number of hydrogen-bond acceptors (Lipinski definition) is 6. The molecule has 2 aromatic rings. The van der Waals surface area contributed by atoms with Crippen LogP contribution in [-0.4, -0.2) is 19.0 Å². The summed E-state index contributed by atoms with van der Waals surface area (Å²) in [5.74, 6) is 0.154. The lowest BCUT2D eigenvalue weighted by atomic mass is 10.1. The summed E-state index contributed by atoms with van der Waals surface area (Å²) < 4.78 is 15.3. The molecule has 2 rings (SSSR count). The maximum absolute atomic E-state index is 12.1. The van der Waals surface area contributed by atoms with Crippen molar-refractivity contribution in [2.75, 3.05) is 7.11 Å². The van der Waals surface area contributed by atoms with Crippen LogP contribution in [0.2, 0.25) is 0 Å². The van der Waals surface area contributed by atoms with E-state index in [0.29, 0.717) is 17.1 Å². The van der Waals surface area contributed by atoms with Gasteiger partial charge in [0.15, 0.2) is 11.5 Å². The van der Waals surface area contributed by atoms with Crippen molar-refractivity contribution in [3.05, 3.63) is 53.5 Å². The fraction of sp³-hybridized carbons (Fsp3) is 0.167. The Morgan fingerprint density at radius 2 is 2.12 bits per heavy atom. The first-order valence-electron chi connectivity index (χ1n) is 7.32. The number of ether oxygens (including phenoxy) is 2. The zero-order valence-corrected chi connectivity index (χ0v) is 13.7. The van der Waals surface area contributed by atoms with E-state index in [1.165, 1.54) is 32.4 Å². The molecule has 1 amide bonds. The molecule has 1 heterocycles. The van der Waals surface area contributed by atoms with E-state index in [-0.39, 0.29) is 17.9 Å². The highest BCUT2D eigenvalue weighted by Crippen LogP contribution is 2.29. The highest BCUT2D eigenvalue weighted by Gasteiger charge is 2.12. The van der Waals surface area contributed by atoms with Crippen molar-refractivity contribution in [3.8, 4) is 17.6 Å². The van der Waals surface area contributed by atoms with Gasteiger partial charge in [-0.2, -0.15) is 5.26 Å². The van der Waals surface area contributed by atoms with Crippen LogP contribution in [0.15, 0.2) is 46.6 Å². The molecule has 25 heavy (non-hydrogen) atoms. The van der Waals surface area contributed by atoms with E-state index in [9.17, 15) is 14.9 Å². The number of carbonyl (C=O) groups is 2. The highest BCUT2D eigenvalue weighted by molar-refractivity contribution is 6.01. The third-order valence-corrected chi connectivity index (χ3v) is 3.12. The zero-order chi connectivity index (χ0) is 18.2. The number of esters is 1. The van der Waals surface area contributed by atoms with Gasteiger partial charge in [-0.3, -0.25) is 9.59 Å². The smallest absolute Gasteiger partial charge is 0.308 e. The number of nitriles is 1. The second-order valence-corrected chi connectivity index (χ2v) is 4.94. The molecule has 1 aromatic carbocycles. The average molecular weight is 340 g/mol. The monoisotopic (exact) mass is 340 g/mol. The van der Waals surface area contributed by atoms with Gasteiger partial charge in [-0.1, -0.05) is 6.07 Å². The molecule has 7 heteroatoms. The molecule has 0 atom stereocenters. The molecular formula is C18H16N2O5. The Morgan fingerprint density at radius 3 is 2.72 bits per heavy atom. The molecule has 0 aliphatic heterocycles. The molecule has 1 aromatic heterocycles. The van der Waals surface area contributed by atoms with Gasteiger partial charge < -0.3 is 19.2 Å². The van der Waals surface area contributed by atoms with Crippen molar-refractivity contribution in [1.82, 2.24) is 5.32 Å². The van der Waals surface area contributed by atoms with Crippen molar-refractivity contribution in [2.45, 2.75) is 13.5 Å². The lowest BCUT2D eigenvalue weighted by molar-refractivity contribution is -0.132. The van der Waals surface area contributed by atoms with E-state index in [4.69, 9.17) is 13.9 Å². The molecule has 0 saturated heterocycles. The van der Waals surface area contributed by atoms with E-state index < -0.39 is 11.9 Å². The Hall–Kier alpha value is -3.53. The van der Waals surface area contributed by atoms with Crippen LogP contribution in [0, 0.1) is 11.3 Å². The predicted molar refractivity (Wildman–Crippen MR) is 88.4 cm³/mol. The molecule has 7 nitrogen and oxygen atoms in total. The van der Waals surface area contributed by atoms with Crippen LogP contribution in [0.1, 0.15) is 18.2 Å². The normalized spacial score (nSPS) is 10.7. The van der Waals surface area contributed by atoms with Gasteiger partial charge in [0.1, 0.15) is 17.4 Å². The number of benzene rings is 1. The fourth-order valence-electron chi connectivity index (χ4n) is 2.00. The molecule has 0 saturated carbocycles. The summed E-state index contributed by atoms with van der Waals surface area (Å²) in [6.07, 6.45) is 2.91. The maximum Gasteiger partial charge on any atom is 0.308 e. The first kappa shape index (κ1) is 17.8.